The van der Waals surface area contributed by atoms with E-state index in [2.05, 4.69) is 55.2 Å². The van der Waals surface area contributed by atoms with E-state index in [0.717, 1.165) is 12.8 Å². The van der Waals surface area contributed by atoms with Gasteiger partial charge in [-0.2, -0.15) is 0 Å². The second-order valence-electron chi connectivity index (χ2n) is 6.41. The van der Waals surface area contributed by atoms with Crippen molar-refractivity contribution >= 4 is 43.5 Å². The fraction of sp³-hybridized carbons (Fsp3) is 0.182. The van der Waals surface area contributed by atoms with Gasteiger partial charge >= 0.3 is 0 Å². The molecule has 24 heavy (non-hydrogen) atoms. The van der Waals surface area contributed by atoms with Gasteiger partial charge < -0.3 is 0 Å². The standard InChI is InChI=1S/C22H16S2/c1-3-4-18-10-17-8-6-15-11-19-14(12-20(15)22(17)24-18)5-7-16-9-13(2)23-21(16)19/h5,7,9-12H,6,8H2,1-2H3. The second kappa shape index (κ2) is 5.21. The van der Waals surface area contributed by atoms with Crippen molar-refractivity contribution < 1.29 is 0 Å². The Labute approximate surface area is 149 Å². The summed E-state index contributed by atoms with van der Waals surface area (Å²) >= 11 is 3.76. The van der Waals surface area contributed by atoms with Gasteiger partial charge in [-0.1, -0.05) is 18.1 Å². The highest BCUT2D eigenvalue weighted by atomic mass is 32.1. The molecule has 0 spiro atoms. The maximum absolute atomic E-state index is 3.23. The van der Waals surface area contributed by atoms with E-state index in [1.807, 2.05) is 29.6 Å². The minimum atomic E-state index is 1.13. The predicted molar refractivity (Wildman–Crippen MR) is 107 cm³/mol. The third-order valence-electron chi connectivity index (χ3n) is 4.81. The maximum atomic E-state index is 3.23. The van der Waals surface area contributed by atoms with Gasteiger partial charge in [0.05, 0.1) is 4.88 Å². The number of benzene rings is 2. The first-order chi connectivity index (χ1) is 11.7. The van der Waals surface area contributed by atoms with Gasteiger partial charge in [0.2, 0.25) is 0 Å². The first-order valence-electron chi connectivity index (χ1n) is 8.24. The van der Waals surface area contributed by atoms with Gasteiger partial charge in [0.1, 0.15) is 0 Å². The average Bonchev–Trinajstić information content (AvgIpc) is 3.16. The van der Waals surface area contributed by atoms with Crippen LogP contribution in [0, 0.1) is 18.8 Å². The summed E-state index contributed by atoms with van der Waals surface area (Å²) in [5.74, 6) is 6.26. The Kier molecular flexibility index (Phi) is 3.10. The van der Waals surface area contributed by atoms with Crippen LogP contribution in [0.1, 0.15) is 27.8 Å². The van der Waals surface area contributed by atoms with Crippen LogP contribution in [0.5, 0.6) is 0 Å². The van der Waals surface area contributed by atoms with Gasteiger partial charge in [-0.15, -0.1) is 28.6 Å². The number of aryl methyl sites for hydroxylation is 3. The first-order valence-corrected chi connectivity index (χ1v) is 9.88. The number of hydrogen-bond acceptors (Lipinski definition) is 2. The van der Waals surface area contributed by atoms with Crippen LogP contribution in [-0.2, 0) is 12.8 Å². The van der Waals surface area contributed by atoms with Crippen LogP contribution >= 0.6 is 22.7 Å². The molecule has 0 nitrogen and oxygen atoms in total. The third-order valence-corrected chi connectivity index (χ3v) is 7.04. The van der Waals surface area contributed by atoms with Crippen molar-refractivity contribution in [2.24, 2.45) is 0 Å². The lowest BCUT2D eigenvalue weighted by Gasteiger charge is -2.17. The summed E-state index contributed by atoms with van der Waals surface area (Å²) in [4.78, 5) is 4.01. The molecule has 1 aliphatic carbocycles. The molecule has 2 aromatic carbocycles. The van der Waals surface area contributed by atoms with Crippen molar-refractivity contribution in [1.82, 2.24) is 0 Å². The number of hydrogen-bond donors (Lipinski definition) is 0. The molecular weight excluding hydrogens is 328 g/mol. The van der Waals surface area contributed by atoms with Crippen LogP contribution < -0.4 is 0 Å². The summed E-state index contributed by atoms with van der Waals surface area (Å²) in [6.07, 6.45) is 2.27. The smallest absolute Gasteiger partial charge is 0.0777 e. The van der Waals surface area contributed by atoms with Crippen LogP contribution in [0.2, 0.25) is 0 Å². The maximum Gasteiger partial charge on any atom is 0.0777 e. The molecule has 0 amide bonds. The molecule has 5 rings (SSSR count). The first kappa shape index (κ1) is 14.3. The van der Waals surface area contributed by atoms with E-state index in [1.54, 1.807) is 0 Å². The van der Waals surface area contributed by atoms with E-state index in [1.165, 1.54) is 52.2 Å². The molecule has 1 aliphatic rings. The quantitative estimate of drug-likeness (QED) is 0.317. The monoisotopic (exact) mass is 344 g/mol. The van der Waals surface area contributed by atoms with E-state index in [0.29, 0.717) is 0 Å². The van der Waals surface area contributed by atoms with E-state index in [4.69, 9.17) is 0 Å². The molecule has 116 valence electrons. The van der Waals surface area contributed by atoms with Crippen molar-refractivity contribution in [3.8, 4) is 22.3 Å². The molecule has 0 bridgehead atoms. The summed E-state index contributed by atoms with van der Waals surface area (Å²) in [5.41, 5.74) is 4.38. The fourth-order valence-electron chi connectivity index (χ4n) is 3.76. The molecule has 2 aromatic heterocycles. The molecule has 2 heterocycles. The van der Waals surface area contributed by atoms with Crippen molar-refractivity contribution in [2.75, 3.05) is 0 Å². The van der Waals surface area contributed by atoms with Gasteiger partial charge in [-0.05, 0) is 83.8 Å². The number of thiophene rings is 2. The molecule has 0 atom stereocenters. The summed E-state index contributed by atoms with van der Waals surface area (Å²) < 4.78 is 1.43. The average molecular weight is 345 g/mol. The zero-order valence-electron chi connectivity index (χ0n) is 13.7. The van der Waals surface area contributed by atoms with Gasteiger partial charge in [0.15, 0.2) is 0 Å². The minimum absolute atomic E-state index is 1.13. The van der Waals surface area contributed by atoms with Crippen LogP contribution in [0.15, 0.2) is 36.4 Å². The van der Waals surface area contributed by atoms with E-state index in [9.17, 15) is 0 Å². The highest BCUT2D eigenvalue weighted by molar-refractivity contribution is 7.20. The lowest BCUT2D eigenvalue weighted by atomic mass is 9.89. The Morgan fingerprint density at radius 3 is 2.62 bits per heavy atom. The molecule has 0 radical (unpaired) electrons. The lowest BCUT2D eigenvalue weighted by Crippen LogP contribution is -2.01. The van der Waals surface area contributed by atoms with Gasteiger partial charge in [-0.3, -0.25) is 0 Å². The summed E-state index contributed by atoms with van der Waals surface area (Å²) in [6, 6.07) is 14.0. The highest BCUT2D eigenvalue weighted by Crippen LogP contribution is 2.43. The number of fused-ring (bicyclic) bond motifs is 6. The summed E-state index contributed by atoms with van der Waals surface area (Å²) in [7, 11) is 0. The zero-order valence-corrected chi connectivity index (χ0v) is 15.3. The molecule has 0 saturated carbocycles. The number of rotatable bonds is 0. The predicted octanol–water partition coefficient (Wildman–Crippen LogP) is 6.56. The zero-order chi connectivity index (χ0) is 16.3. The van der Waals surface area contributed by atoms with Crippen molar-refractivity contribution in [3.05, 3.63) is 57.3 Å². The normalized spacial score (nSPS) is 12.8. The lowest BCUT2D eigenvalue weighted by molar-refractivity contribution is 0.952. The largest absolute Gasteiger partial charge is 0.140 e. The summed E-state index contributed by atoms with van der Waals surface area (Å²) in [5, 5.41) is 4.14. The van der Waals surface area contributed by atoms with E-state index < -0.39 is 0 Å². The Morgan fingerprint density at radius 2 is 1.75 bits per heavy atom. The van der Waals surface area contributed by atoms with Crippen LogP contribution in [0.3, 0.4) is 0 Å². The Morgan fingerprint density at radius 1 is 0.917 bits per heavy atom. The second-order valence-corrected chi connectivity index (χ2v) is 8.72. The Balaban J connectivity index is 1.80. The van der Waals surface area contributed by atoms with Gasteiger partial charge in [0.25, 0.3) is 0 Å². The molecule has 4 aromatic rings. The Hall–Kier alpha value is -2.08. The Bertz CT molecular complexity index is 1180. The van der Waals surface area contributed by atoms with E-state index in [-0.39, 0.29) is 0 Å². The molecule has 0 saturated heterocycles. The SMILES string of the molecule is CC#Cc1cc2c(s1)-c1cc3ccc4cc(C)sc4c3cc1CC2. The summed E-state index contributed by atoms with van der Waals surface area (Å²) in [6.45, 7) is 4.11. The van der Waals surface area contributed by atoms with Crippen LogP contribution in [0.4, 0.5) is 0 Å². The molecule has 0 fully saturated rings. The van der Waals surface area contributed by atoms with Gasteiger partial charge in [-0.25, -0.2) is 0 Å². The van der Waals surface area contributed by atoms with E-state index >= 15 is 0 Å². The molecule has 2 heteroatoms. The highest BCUT2D eigenvalue weighted by Gasteiger charge is 2.20. The van der Waals surface area contributed by atoms with Crippen LogP contribution in [-0.4, -0.2) is 0 Å². The van der Waals surface area contributed by atoms with Crippen molar-refractivity contribution in [2.45, 2.75) is 26.7 Å². The topological polar surface area (TPSA) is 0 Å². The fourth-order valence-corrected chi connectivity index (χ4v) is 5.96. The molecule has 0 aliphatic heterocycles. The molecule has 0 unspecified atom stereocenters. The van der Waals surface area contributed by atoms with Crippen molar-refractivity contribution in [3.63, 3.8) is 0 Å². The van der Waals surface area contributed by atoms with Crippen molar-refractivity contribution in [1.29, 1.82) is 0 Å². The van der Waals surface area contributed by atoms with Crippen LogP contribution in [0.25, 0.3) is 31.3 Å². The molecular formula is C22H16S2. The van der Waals surface area contributed by atoms with Gasteiger partial charge in [0, 0.05) is 14.5 Å². The molecule has 0 N–H and O–H groups in total. The minimum Gasteiger partial charge on any atom is -0.140 e. The third kappa shape index (κ3) is 2.05.